The van der Waals surface area contributed by atoms with Crippen LogP contribution in [0.5, 0.6) is 0 Å². The van der Waals surface area contributed by atoms with Crippen molar-refractivity contribution in [2.24, 2.45) is 0 Å². The first kappa shape index (κ1) is 32.7. The maximum Gasteiger partial charge on any atom is 0.410 e. The summed E-state index contributed by atoms with van der Waals surface area (Å²) in [7, 11) is 0. The number of hydrogen-bond donors (Lipinski definition) is 0. The van der Waals surface area contributed by atoms with Crippen LogP contribution in [0.15, 0.2) is 79.4 Å². The fraction of sp³-hybridized carbons (Fsp3) is 0.405. The van der Waals surface area contributed by atoms with Crippen molar-refractivity contribution in [3.8, 4) is 0 Å². The van der Waals surface area contributed by atoms with Crippen LogP contribution in [-0.4, -0.2) is 79.6 Å². The summed E-state index contributed by atoms with van der Waals surface area (Å²) >= 11 is 6.48. The van der Waals surface area contributed by atoms with Crippen LogP contribution in [-0.2, 0) is 35.5 Å². The van der Waals surface area contributed by atoms with Gasteiger partial charge in [-0.15, -0.1) is 0 Å². The van der Waals surface area contributed by atoms with E-state index in [9.17, 15) is 9.59 Å². The number of carbonyl (C=O) groups excluding carboxylic acids is 2. The van der Waals surface area contributed by atoms with Crippen molar-refractivity contribution in [1.29, 1.82) is 0 Å². The Kier molecular flexibility index (Phi) is 10.2. The number of carbonyl (C=O) groups is 2. The predicted octanol–water partition coefficient (Wildman–Crippen LogP) is 6.08. The smallest absolute Gasteiger partial charge is 0.410 e. The third-order valence-corrected chi connectivity index (χ3v) is 9.25. The minimum absolute atomic E-state index is 0.0905. The normalized spacial score (nSPS) is 17.9. The highest BCUT2D eigenvalue weighted by Gasteiger charge is 2.42. The molecular formula is C37H43ClN6O3. The number of rotatable bonds is 9. The molecule has 4 aromatic rings. The van der Waals surface area contributed by atoms with Crippen molar-refractivity contribution in [1.82, 2.24) is 29.2 Å². The Balaban J connectivity index is 1.33. The molecule has 246 valence electrons. The highest BCUT2D eigenvalue weighted by Crippen LogP contribution is 2.38. The molecule has 2 amide bonds. The van der Waals surface area contributed by atoms with Gasteiger partial charge in [-0.05, 0) is 80.5 Å². The van der Waals surface area contributed by atoms with Gasteiger partial charge in [0, 0.05) is 56.7 Å². The fourth-order valence-electron chi connectivity index (χ4n) is 6.81. The first-order valence-corrected chi connectivity index (χ1v) is 16.9. The zero-order chi connectivity index (χ0) is 32.9. The quantitative estimate of drug-likeness (QED) is 0.218. The lowest BCUT2D eigenvalue weighted by atomic mass is 9.95. The van der Waals surface area contributed by atoms with Gasteiger partial charge in [-0.1, -0.05) is 54.1 Å². The fourth-order valence-corrected chi connectivity index (χ4v) is 7.00. The lowest BCUT2D eigenvalue weighted by Crippen LogP contribution is -2.62. The number of halogens is 1. The summed E-state index contributed by atoms with van der Waals surface area (Å²) in [5.74, 6) is -0.0905. The number of aryl methyl sites for hydroxylation is 4. The first-order chi connectivity index (χ1) is 22.8. The number of ether oxygens (including phenoxy) is 1. The van der Waals surface area contributed by atoms with E-state index in [1.54, 1.807) is 4.90 Å². The lowest BCUT2D eigenvalue weighted by Gasteiger charge is -2.44. The maximum atomic E-state index is 14.8. The summed E-state index contributed by atoms with van der Waals surface area (Å²) in [5, 5.41) is 0.707. The Labute approximate surface area is 282 Å². The number of aromatic nitrogens is 3. The van der Waals surface area contributed by atoms with Gasteiger partial charge < -0.3 is 14.2 Å². The molecule has 9 nitrogen and oxygen atoms in total. The van der Waals surface area contributed by atoms with Crippen LogP contribution in [0, 0.1) is 6.92 Å². The number of imidazole rings is 1. The summed E-state index contributed by atoms with van der Waals surface area (Å²) < 4.78 is 7.75. The van der Waals surface area contributed by atoms with Crippen LogP contribution in [0.3, 0.4) is 0 Å². The average molecular weight is 655 g/mol. The number of amides is 2. The van der Waals surface area contributed by atoms with E-state index in [0.717, 1.165) is 48.3 Å². The monoisotopic (exact) mass is 654 g/mol. The van der Waals surface area contributed by atoms with E-state index >= 15 is 0 Å². The van der Waals surface area contributed by atoms with Gasteiger partial charge >= 0.3 is 6.09 Å². The highest BCUT2D eigenvalue weighted by atomic mass is 35.5. The van der Waals surface area contributed by atoms with E-state index in [2.05, 4.69) is 32.7 Å². The van der Waals surface area contributed by atoms with Crippen LogP contribution in [0.1, 0.15) is 60.0 Å². The van der Waals surface area contributed by atoms with Gasteiger partial charge in [-0.2, -0.15) is 0 Å². The molecule has 3 heterocycles. The van der Waals surface area contributed by atoms with Gasteiger partial charge in [0.05, 0.1) is 29.9 Å². The van der Waals surface area contributed by atoms with Crippen molar-refractivity contribution in [3.63, 3.8) is 0 Å². The van der Waals surface area contributed by atoms with Gasteiger partial charge in [0.2, 0.25) is 5.91 Å². The third-order valence-electron chi connectivity index (χ3n) is 9.02. The van der Waals surface area contributed by atoms with E-state index < -0.39 is 12.1 Å². The van der Waals surface area contributed by atoms with E-state index in [0.29, 0.717) is 37.7 Å². The van der Waals surface area contributed by atoms with Gasteiger partial charge in [0.25, 0.3) is 0 Å². The van der Waals surface area contributed by atoms with Gasteiger partial charge in [0.1, 0.15) is 6.04 Å². The van der Waals surface area contributed by atoms with Gasteiger partial charge in [-0.25, -0.2) is 9.78 Å². The van der Waals surface area contributed by atoms with Crippen LogP contribution in [0.25, 0.3) is 0 Å². The number of hydrogen-bond acceptors (Lipinski definition) is 6. The summed E-state index contributed by atoms with van der Waals surface area (Å²) in [6.07, 6.45) is 7.38. The molecule has 0 spiro atoms. The summed E-state index contributed by atoms with van der Waals surface area (Å²) in [5.41, 5.74) is 6.52. The van der Waals surface area contributed by atoms with Gasteiger partial charge in [-0.3, -0.25) is 19.6 Å². The summed E-state index contributed by atoms with van der Waals surface area (Å²) in [4.78, 5) is 43.4. The lowest BCUT2D eigenvalue weighted by molar-refractivity contribution is -0.140. The van der Waals surface area contributed by atoms with E-state index in [1.165, 1.54) is 11.1 Å². The van der Waals surface area contributed by atoms with E-state index in [-0.39, 0.29) is 18.1 Å². The molecule has 1 unspecified atom stereocenters. The molecule has 1 fully saturated rings. The highest BCUT2D eigenvalue weighted by molar-refractivity contribution is 6.30. The molecule has 47 heavy (non-hydrogen) atoms. The van der Waals surface area contributed by atoms with Crippen molar-refractivity contribution >= 4 is 23.6 Å². The minimum Gasteiger partial charge on any atom is -0.447 e. The molecule has 6 rings (SSSR count). The number of fused-ring (bicyclic) bond motifs is 2. The molecule has 0 N–H and O–H groups in total. The van der Waals surface area contributed by atoms with Gasteiger partial charge in [0.15, 0.2) is 0 Å². The maximum absolute atomic E-state index is 14.8. The van der Waals surface area contributed by atoms with Crippen molar-refractivity contribution in [2.45, 2.75) is 71.3 Å². The molecule has 2 atom stereocenters. The molecule has 0 bridgehead atoms. The molecule has 2 aliphatic rings. The molecule has 1 saturated heterocycles. The number of piperazine rings is 1. The number of nitrogens with zero attached hydrogens (tertiary/aromatic N) is 6. The Morgan fingerprint density at radius 2 is 1.83 bits per heavy atom. The molecule has 2 aromatic heterocycles. The largest absolute Gasteiger partial charge is 0.447 e. The van der Waals surface area contributed by atoms with Crippen LogP contribution in [0.2, 0.25) is 5.02 Å². The second kappa shape index (κ2) is 14.7. The first-order valence-electron chi connectivity index (χ1n) is 16.5. The molecule has 0 radical (unpaired) electrons. The summed E-state index contributed by atoms with van der Waals surface area (Å²) in [6, 6.07) is 19.3. The Morgan fingerprint density at radius 1 is 1.02 bits per heavy atom. The zero-order valence-corrected chi connectivity index (χ0v) is 28.1. The third kappa shape index (κ3) is 7.68. The van der Waals surface area contributed by atoms with Crippen molar-refractivity contribution in [2.75, 3.05) is 26.2 Å². The Bertz CT molecular complexity index is 1690. The number of pyridine rings is 1. The van der Waals surface area contributed by atoms with Crippen molar-refractivity contribution < 1.29 is 14.3 Å². The molecule has 0 saturated carbocycles. The predicted molar refractivity (Wildman–Crippen MR) is 182 cm³/mol. The molecule has 1 aliphatic carbocycles. The second-order valence-corrected chi connectivity index (χ2v) is 13.2. The Hall–Kier alpha value is -4.21. The second-order valence-electron chi connectivity index (χ2n) is 12.8. The van der Waals surface area contributed by atoms with Crippen LogP contribution in [0.4, 0.5) is 4.79 Å². The van der Waals surface area contributed by atoms with E-state index in [1.807, 2.05) is 86.9 Å². The SMILES string of the molecule is Cc1cn(CCCN(Cc2ccccc2)C(=O)C2CN([C@@H]3c4ccc(Cl)cc4CCc4cccnc43)CCN2C(=O)OC(C)C)cn1. The molecule has 2 aromatic carbocycles. The molecular weight excluding hydrogens is 612 g/mol. The van der Waals surface area contributed by atoms with Crippen molar-refractivity contribution in [3.05, 3.63) is 118 Å². The zero-order valence-electron chi connectivity index (χ0n) is 27.4. The summed E-state index contributed by atoms with van der Waals surface area (Å²) in [6.45, 7) is 8.62. The Morgan fingerprint density at radius 3 is 2.60 bits per heavy atom. The molecule has 10 heteroatoms. The average Bonchev–Trinajstić information content (AvgIpc) is 3.41. The number of benzene rings is 2. The molecule has 1 aliphatic heterocycles. The minimum atomic E-state index is -0.736. The van der Waals surface area contributed by atoms with Crippen LogP contribution >= 0.6 is 11.6 Å². The van der Waals surface area contributed by atoms with E-state index in [4.69, 9.17) is 21.3 Å². The van der Waals surface area contributed by atoms with Crippen LogP contribution < -0.4 is 0 Å². The standard InChI is InChI=1S/C37H43ClN6O3/c1-26(2)47-37(46)44-20-19-42(35-32-15-14-31(38)21-30(32)13-12-29-11-7-16-39-34(29)35)24-33(44)36(45)43(23-28-9-5-4-6-10-28)18-8-17-41-22-27(3)40-25-41/h4-7,9-11,14-16,21-22,25-26,33,35H,8,12-13,17-20,23-24H2,1-3H3/t33?,35-/m1/s1. The topological polar surface area (TPSA) is 83.8 Å².